The summed E-state index contributed by atoms with van der Waals surface area (Å²) in [4.78, 5) is 38.3. The number of carbonyl (C=O) groups is 3. The third-order valence-electron chi connectivity index (χ3n) is 8.17. The molecule has 2 aromatic carbocycles. The number of rotatable bonds is 7. The number of carbonyl (C=O) groups excluding carboxylic acids is 2. The molecule has 2 amide bonds. The molecule has 3 aliphatic rings. The average molecular weight is 477 g/mol. The van der Waals surface area contributed by atoms with Crippen molar-refractivity contribution in [1.82, 2.24) is 10.2 Å². The number of ether oxygens (including phenoxy) is 1. The second-order valence-corrected chi connectivity index (χ2v) is 10.2. The number of carboxylic acid groups (broad SMARTS) is 1. The predicted molar refractivity (Wildman–Crippen MR) is 131 cm³/mol. The van der Waals surface area contributed by atoms with E-state index in [9.17, 15) is 19.5 Å². The van der Waals surface area contributed by atoms with Crippen LogP contribution in [0.15, 0.2) is 48.5 Å². The van der Waals surface area contributed by atoms with E-state index in [1.807, 2.05) is 24.3 Å². The minimum atomic E-state index is -0.987. The van der Waals surface area contributed by atoms with Gasteiger partial charge in [0.15, 0.2) is 0 Å². The first-order chi connectivity index (χ1) is 16.9. The standard InChI is InChI=1S/C28H32N2O5/c1-30(28(14-15-28)26(32)33)25(31)19-12-10-18(11-13-19)16-29-27(34)35-17-24-22-8-4-2-6-20(22)21-7-3-5-9-23(21)24/h2-9,18-19,24H,10-17H2,1H3,(H,29,34)(H,32,33). The van der Waals surface area contributed by atoms with Crippen molar-refractivity contribution in [2.24, 2.45) is 11.8 Å². The fourth-order valence-corrected chi connectivity index (χ4v) is 5.79. The summed E-state index contributed by atoms with van der Waals surface area (Å²) < 4.78 is 5.62. The predicted octanol–water partition coefficient (Wildman–Crippen LogP) is 4.41. The lowest BCUT2D eigenvalue weighted by molar-refractivity contribution is -0.153. The minimum absolute atomic E-state index is 0.0344. The second-order valence-electron chi connectivity index (χ2n) is 10.2. The zero-order chi connectivity index (χ0) is 24.6. The Bertz CT molecular complexity index is 1090. The first-order valence-electron chi connectivity index (χ1n) is 12.5. The van der Waals surface area contributed by atoms with Crippen LogP contribution in [0.2, 0.25) is 0 Å². The van der Waals surface area contributed by atoms with Crippen molar-refractivity contribution < 1.29 is 24.2 Å². The molecule has 2 saturated carbocycles. The molecule has 0 radical (unpaired) electrons. The number of carboxylic acids is 1. The van der Waals surface area contributed by atoms with Crippen molar-refractivity contribution in [1.29, 1.82) is 0 Å². The highest BCUT2D eigenvalue weighted by molar-refractivity contribution is 5.90. The molecule has 2 aromatic rings. The number of fused-ring (bicyclic) bond motifs is 3. The summed E-state index contributed by atoms with van der Waals surface area (Å²) in [5, 5.41) is 12.4. The molecular formula is C28H32N2O5. The maximum atomic E-state index is 12.8. The number of benzene rings is 2. The summed E-state index contributed by atoms with van der Waals surface area (Å²) in [6, 6.07) is 16.5. The fourth-order valence-electron chi connectivity index (χ4n) is 5.79. The minimum Gasteiger partial charge on any atom is -0.479 e. The van der Waals surface area contributed by atoms with E-state index in [1.165, 1.54) is 27.2 Å². The number of alkyl carbamates (subject to hydrolysis) is 1. The van der Waals surface area contributed by atoms with Crippen LogP contribution in [0.5, 0.6) is 0 Å². The van der Waals surface area contributed by atoms with Gasteiger partial charge in [-0.2, -0.15) is 0 Å². The van der Waals surface area contributed by atoms with Gasteiger partial charge in [0.25, 0.3) is 0 Å². The molecule has 0 aromatic heterocycles. The van der Waals surface area contributed by atoms with Crippen LogP contribution in [0.4, 0.5) is 4.79 Å². The maximum absolute atomic E-state index is 12.8. The highest BCUT2D eigenvalue weighted by atomic mass is 16.5. The molecule has 0 atom stereocenters. The molecule has 184 valence electrons. The largest absolute Gasteiger partial charge is 0.479 e. The van der Waals surface area contributed by atoms with Crippen molar-refractivity contribution >= 4 is 18.0 Å². The van der Waals surface area contributed by atoms with E-state index in [1.54, 1.807) is 7.05 Å². The summed E-state index contributed by atoms with van der Waals surface area (Å²) in [5.41, 5.74) is 3.78. The van der Waals surface area contributed by atoms with Gasteiger partial charge < -0.3 is 20.1 Å². The summed E-state index contributed by atoms with van der Waals surface area (Å²) in [6.45, 7) is 0.811. The first kappa shape index (κ1) is 23.4. The van der Waals surface area contributed by atoms with Crippen LogP contribution in [0, 0.1) is 11.8 Å². The number of aliphatic carboxylic acids is 1. The first-order valence-corrected chi connectivity index (χ1v) is 12.5. The number of hydrogen-bond donors (Lipinski definition) is 2. The molecule has 0 aliphatic heterocycles. The van der Waals surface area contributed by atoms with Gasteiger partial charge in [0, 0.05) is 25.4 Å². The van der Waals surface area contributed by atoms with Gasteiger partial charge in [-0.15, -0.1) is 0 Å². The van der Waals surface area contributed by atoms with Crippen LogP contribution in [0.25, 0.3) is 11.1 Å². The third kappa shape index (κ3) is 4.40. The van der Waals surface area contributed by atoms with Crippen LogP contribution < -0.4 is 5.32 Å². The highest BCUT2D eigenvalue weighted by Gasteiger charge is 2.56. The third-order valence-corrected chi connectivity index (χ3v) is 8.17. The van der Waals surface area contributed by atoms with Crippen molar-refractivity contribution in [3.8, 4) is 11.1 Å². The van der Waals surface area contributed by atoms with Gasteiger partial charge in [-0.05, 0) is 66.7 Å². The van der Waals surface area contributed by atoms with E-state index in [0.717, 1.165) is 25.7 Å². The summed E-state index contributed by atoms with van der Waals surface area (Å²) >= 11 is 0. The van der Waals surface area contributed by atoms with Crippen molar-refractivity contribution in [2.75, 3.05) is 20.2 Å². The Kier molecular flexibility index (Phi) is 6.26. The summed E-state index contributed by atoms with van der Waals surface area (Å²) in [7, 11) is 1.62. The molecule has 0 unspecified atom stereocenters. The highest BCUT2D eigenvalue weighted by Crippen LogP contribution is 2.45. The second kappa shape index (κ2) is 9.36. The van der Waals surface area contributed by atoms with Gasteiger partial charge in [-0.1, -0.05) is 48.5 Å². The van der Waals surface area contributed by atoms with E-state index in [-0.39, 0.29) is 17.7 Å². The number of nitrogens with one attached hydrogen (secondary N) is 1. The maximum Gasteiger partial charge on any atom is 0.407 e. The van der Waals surface area contributed by atoms with Gasteiger partial charge in [0.05, 0.1) is 0 Å². The SMILES string of the molecule is CN(C(=O)C1CCC(CNC(=O)OCC2c3ccccc3-c3ccccc32)CC1)C1(C(=O)O)CC1. The van der Waals surface area contributed by atoms with Crippen LogP contribution in [-0.4, -0.2) is 53.7 Å². The number of amides is 2. The van der Waals surface area contributed by atoms with E-state index in [2.05, 4.69) is 29.6 Å². The van der Waals surface area contributed by atoms with Crippen molar-refractivity contribution in [2.45, 2.75) is 50.0 Å². The monoisotopic (exact) mass is 476 g/mol. The molecule has 0 spiro atoms. The quantitative estimate of drug-likeness (QED) is 0.617. The van der Waals surface area contributed by atoms with Gasteiger partial charge >= 0.3 is 12.1 Å². The molecule has 7 heteroatoms. The average Bonchev–Trinajstić information content (AvgIpc) is 3.64. The van der Waals surface area contributed by atoms with Gasteiger partial charge in [0.1, 0.15) is 12.1 Å². The normalized spacial score (nSPS) is 22.0. The lowest BCUT2D eigenvalue weighted by Gasteiger charge is -2.33. The van der Waals surface area contributed by atoms with Crippen molar-refractivity contribution in [3.63, 3.8) is 0 Å². The van der Waals surface area contributed by atoms with E-state index in [4.69, 9.17) is 4.74 Å². The van der Waals surface area contributed by atoms with Gasteiger partial charge in [-0.3, -0.25) is 4.79 Å². The smallest absolute Gasteiger partial charge is 0.407 e. The lowest BCUT2D eigenvalue weighted by Crippen LogP contribution is -2.47. The van der Waals surface area contributed by atoms with E-state index < -0.39 is 17.6 Å². The molecule has 5 rings (SSSR count). The Morgan fingerprint density at radius 2 is 1.54 bits per heavy atom. The van der Waals surface area contributed by atoms with Crippen molar-refractivity contribution in [3.05, 3.63) is 59.7 Å². The molecular weight excluding hydrogens is 444 g/mol. The van der Waals surface area contributed by atoms with E-state index >= 15 is 0 Å². The Morgan fingerprint density at radius 3 is 2.09 bits per heavy atom. The Morgan fingerprint density at radius 1 is 0.971 bits per heavy atom. The Labute approximate surface area is 205 Å². The van der Waals surface area contributed by atoms with Gasteiger partial charge in [-0.25, -0.2) is 9.59 Å². The summed E-state index contributed by atoms with van der Waals surface area (Å²) in [6.07, 6.45) is 3.74. The Balaban J connectivity index is 1.08. The molecule has 3 aliphatic carbocycles. The Hall–Kier alpha value is -3.35. The van der Waals surface area contributed by atoms with Crippen LogP contribution in [-0.2, 0) is 14.3 Å². The number of hydrogen-bond acceptors (Lipinski definition) is 4. The molecule has 0 bridgehead atoms. The number of likely N-dealkylation sites (N-methyl/N-ethyl adjacent to an activating group) is 1. The van der Waals surface area contributed by atoms with E-state index in [0.29, 0.717) is 31.9 Å². The molecule has 35 heavy (non-hydrogen) atoms. The van der Waals surface area contributed by atoms with Crippen LogP contribution in [0.1, 0.15) is 55.6 Å². The molecule has 2 fully saturated rings. The van der Waals surface area contributed by atoms with Crippen LogP contribution >= 0.6 is 0 Å². The fraction of sp³-hybridized carbons (Fsp3) is 0.464. The van der Waals surface area contributed by atoms with Gasteiger partial charge in [0.2, 0.25) is 5.91 Å². The number of nitrogens with zero attached hydrogens (tertiary/aromatic N) is 1. The zero-order valence-electron chi connectivity index (χ0n) is 20.0. The lowest BCUT2D eigenvalue weighted by atomic mass is 9.81. The molecule has 0 heterocycles. The topological polar surface area (TPSA) is 95.9 Å². The molecule has 0 saturated heterocycles. The van der Waals surface area contributed by atoms with Crippen LogP contribution in [0.3, 0.4) is 0 Å². The molecule has 2 N–H and O–H groups in total. The molecule has 7 nitrogen and oxygen atoms in total. The zero-order valence-corrected chi connectivity index (χ0v) is 20.0. The summed E-state index contributed by atoms with van der Waals surface area (Å²) in [5.74, 6) is -0.781.